The van der Waals surface area contributed by atoms with E-state index in [4.69, 9.17) is 0 Å². The van der Waals surface area contributed by atoms with Gasteiger partial charge in [0.25, 0.3) is 0 Å². The van der Waals surface area contributed by atoms with Gasteiger partial charge in [0.1, 0.15) is 5.82 Å². The highest BCUT2D eigenvalue weighted by Crippen LogP contribution is 2.37. The van der Waals surface area contributed by atoms with E-state index in [1.165, 1.54) is 7.05 Å². The fourth-order valence-electron chi connectivity index (χ4n) is 2.13. The molecule has 0 amide bonds. The highest BCUT2D eigenvalue weighted by atomic mass is 19.3. The highest BCUT2D eigenvalue weighted by molar-refractivity contribution is 6.05. The van der Waals surface area contributed by atoms with Crippen molar-refractivity contribution >= 4 is 22.5 Å². The number of halogens is 2. The van der Waals surface area contributed by atoms with E-state index in [1.807, 2.05) is 12.1 Å². The maximum Gasteiger partial charge on any atom is 0.333 e. The maximum atomic E-state index is 13.6. The minimum atomic E-state index is -3.17. The third-order valence-electron chi connectivity index (χ3n) is 3.19. The van der Waals surface area contributed by atoms with Gasteiger partial charge in [-0.15, -0.1) is 0 Å². The normalized spacial score (nSPS) is 17.9. The first-order valence-corrected chi connectivity index (χ1v) is 5.54. The lowest BCUT2D eigenvalue weighted by Gasteiger charge is -2.33. The summed E-state index contributed by atoms with van der Waals surface area (Å²) in [6, 6.07) is 5.61. The predicted octanol–water partition coefficient (Wildman–Crippen LogP) is 2.85. The van der Waals surface area contributed by atoms with Crippen LogP contribution in [0, 0.1) is 0 Å². The molecule has 3 nitrogen and oxygen atoms in total. The second kappa shape index (κ2) is 3.48. The monoisotopic (exact) mass is 248 g/mol. The number of aromatic nitrogens is 1. The van der Waals surface area contributed by atoms with Crippen LogP contribution < -0.4 is 4.90 Å². The molecule has 92 valence electrons. The van der Waals surface area contributed by atoms with Crippen molar-refractivity contribution in [3.05, 3.63) is 35.9 Å². The van der Waals surface area contributed by atoms with E-state index in [-0.39, 0.29) is 11.4 Å². The second-order valence-corrected chi connectivity index (χ2v) is 4.38. The van der Waals surface area contributed by atoms with Crippen LogP contribution in [0.1, 0.15) is 16.8 Å². The third kappa shape index (κ3) is 1.47. The van der Waals surface area contributed by atoms with Crippen LogP contribution in [0.4, 0.5) is 14.6 Å². The summed E-state index contributed by atoms with van der Waals surface area (Å²) in [5.41, 5.74) is 0.871. The Morgan fingerprint density at radius 3 is 2.83 bits per heavy atom. The van der Waals surface area contributed by atoms with E-state index in [2.05, 4.69) is 4.98 Å². The van der Waals surface area contributed by atoms with Gasteiger partial charge in [0.2, 0.25) is 0 Å². The van der Waals surface area contributed by atoms with E-state index < -0.39 is 18.3 Å². The molecule has 18 heavy (non-hydrogen) atoms. The zero-order chi connectivity index (χ0) is 12.9. The Morgan fingerprint density at radius 2 is 2.06 bits per heavy atom. The number of para-hydroxylation sites is 1. The van der Waals surface area contributed by atoms with Crippen LogP contribution in [-0.4, -0.2) is 23.9 Å². The highest BCUT2D eigenvalue weighted by Gasteiger charge is 2.44. The van der Waals surface area contributed by atoms with Gasteiger partial charge in [-0.05, 0) is 12.1 Å². The second-order valence-electron chi connectivity index (χ2n) is 4.38. The zero-order valence-electron chi connectivity index (χ0n) is 9.65. The molecule has 2 aromatic rings. The molecule has 0 atom stereocenters. The molecule has 0 saturated heterocycles. The summed E-state index contributed by atoms with van der Waals surface area (Å²) in [7, 11) is 1.26. The van der Waals surface area contributed by atoms with Gasteiger partial charge in [-0.1, -0.05) is 18.2 Å². The Bertz CT molecular complexity index is 654. The number of ketones is 1. The summed E-state index contributed by atoms with van der Waals surface area (Å²) in [5, 5.41) is 0.781. The Balaban J connectivity index is 2.30. The summed E-state index contributed by atoms with van der Waals surface area (Å²) in [5.74, 6) is -0.513. The van der Waals surface area contributed by atoms with Crippen LogP contribution in [0.25, 0.3) is 10.9 Å². The van der Waals surface area contributed by atoms with Crippen molar-refractivity contribution in [2.24, 2.45) is 0 Å². The first kappa shape index (κ1) is 11.1. The average molecular weight is 248 g/mol. The minimum Gasteiger partial charge on any atom is -0.300 e. The number of alkyl halides is 2. The molecule has 1 aromatic heterocycles. The Kier molecular flexibility index (Phi) is 2.14. The van der Waals surface area contributed by atoms with E-state index in [9.17, 15) is 13.6 Å². The van der Waals surface area contributed by atoms with Crippen molar-refractivity contribution in [3.8, 4) is 0 Å². The van der Waals surface area contributed by atoms with E-state index in [1.54, 1.807) is 18.2 Å². The quantitative estimate of drug-likeness (QED) is 0.672. The third-order valence-corrected chi connectivity index (χ3v) is 3.19. The molecule has 1 aliphatic rings. The zero-order valence-corrected chi connectivity index (χ0v) is 9.65. The molecule has 0 spiro atoms. The Morgan fingerprint density at radius 1 is 1.33 bits per heavy atom. The first-order chi connectivity index (χ1) is 8.49. The van der Waals surface area contributed by atoms with Gasteiger partial charge in [0, 0.05) is 12.4 Å². The van der Waals surface area contributed by atoms with Crippen molar-refractivity contribution in [3.63, 3.8) is 0 Å². The lowest BCUT2D eigenvalue weighted by Crippen LogP contribution is -2.45. The van der Waals surface area contributed by atoms with Crippen LogP contribution in [0.3, 0.4) is 0 Å². The van der Waals surface area contributed by atoms with Crippen molar-refractivity contribution in [1.29, 1.82) is 0 Å². The van der Waals surface area contributed by atoms with Gasteiger partial charge in [0.15, 0.2) is 5.78 Å². The average Bonchev–Trinajstić information content (AvgIpc) is 2.34. The number of rotatable bonds is 0. The summed E-state index contributed by atoms with van der Waals surface area (Å²) in [4.78, 5) is 16.7. The number of nitrogens with zero attached hydrogens (tertiary/aromatic N) is 2. The SMILES string of the molecule is CN1c2nc3ccccc3cc2C(=O)CC1(F)F. The molecule has 5 heteroatoms. The van der Waals surface area contributed by atoms with Crippen LogP contribution >= 0.6 is 0 Å². The van der Waals surface area contributed by atoms with Gasteiger partial charge >= 0.3 is 6.05 Å². The minimum absolute atomic E-state index is 0.0509. The molecule has 0 aliphatic carbocycles. The van der Waals surface area contributed by atoms with Gasteiger partial charge in [0.05, 0.1) is 17.5 Å². The van der Waals surface area contributed by atoms with E-state index >= 15 is 0 Å². The van der Waals surface area contributed by atoms with Crippen molar-refractivity contribution in [2.45, 2.75) is 12.5 Å². The number of carbonyl (C=O) groups excluding carboxylic acids is 1. The molecular weight excluding hydrogens is 238 g/mol. The molecule has 1 aromatic carbocycles. The molecule has 2 heterocycles. The van der Waals surface area contributed by atoms with Gasteiger partial charge in [-0.3, -0.25) is 9.69 Å². The first-order valence-electron chi connectivity index (χ1n) is 5.54. The fourth-order valence-corrected chi connectivity index (χ4v) is 2.13. The standard InChI is InChI=1S/C13H10F2N2O/c1-17-12-9(11(18)7-13(17,14)15)6-8-4-2-3-5-10(8)16-12/h2-6H,7H2,1H3. The molecule has 0 unspecified atom stereocenters. The van der Waals surface area contributed by atoms with Gasteiger partial charge < -0.3 is 0 Å². The van der Waals surface area contributed by atoms with Gasteiger partial charge in [-0.2, -0.15) is 8.78 Å². The van der Waals surface area contributed by atoms with Crippen molar-refractivity contribution in [2.75, 3.05) is 11.9 Å². The summed E-state index contributed by atoms with van der Waals surface area (Å²) in [6.45, 7) is 0. The Hall–Kier alpha value is -2.04. The fraction of sp³-hybridized carbons (Fsp3) is 0.231. The molecule has 0 saturated carbocycles. The number of hydrogen-bond donors (Lipinski definition) is 0. The number of hydrogen-bond acceptors (Lipinski definition) is 3. The maximum absolute atomic E-state index is 13.6. The molecule has 0 bridgehead atoms. The number of fused-ring (bicyclic) bond motifs is 2. The number of anilines is 1. The Labute approximate surface area is 102 Å². The summed E-state index contributed by atoms with van der Waals surface area (Å²) >= 11 is 0. The largest absolute Gasteiger partial charge is 0.333 e. The molecule has 0 fully saturated rings. The number of pyridine rings is 1. The molecule has 0 N–H and O–H groups in total. The lowest BCUT2D eigenvalue weighted by atomic mass is 10.0. The van der Waals surface area contributed by atoms with E-state index in [0.29, 0.717) is 5.52 Å². The summed E-state index contributed by atoms with van der Waals surface area (Å²) < 4.78 is 27.2. The lowest BCUT2D eigenvalue weighted by molar-refractivity contribution is -0.00528. The molecule has 3 rings (SSSR count). The smallest absolute Gasteiger partial charge is 0.300 e. The predicted molar refractivity (Wildman–Crippen MR) is 64.0 cm³/mol. The summed E-state index contributed by atoms with van der Waals surface area (Å²) in [6.07, 6.45) is -0.795. The van der Waals surface area contributed by atoms with Crippen LogP contribution in [0.5, 0.6) is 0 Å². The number of Topliss-reactive ketones (excluding diaryl/α,β-unsaturated/α-hetero) is 1. The van der Waals surface area contributed by atoms with Crippen LogP contribution in [-0.2, 0) is 0 Å². The van der Waals surface area contributed by atoms with Crippen LogP contribution in [0.15, 0.2) is 30.3 Å². The molecule has 1 aliphatic heterocycles. The number of carbonyl (C=O) groups is 1. The number of benzene rings is 1. The van der Waals surface area contributed by atoms with Crippen molar-refractivity contribution < 1.29 is 13.6 Å². The molecular formula is C13H10F2N2O. The van der Waals surface area contributed by atoms with Crippen LogP contribution in [0.2, 0.25) is 0 Å². The topological polar surface area (TPSA) is 33.2 Å². The van der Waals surface area contributed by atoms with E-state index in [0.717, 1.165) is 10.3 Å². The van der Waals surface area contributed by atoms with Crippen molar-refractivity contribution in [1.82, 2.24) is 4.98 Å². The van der Waals surface area contributed by atoms with Gasteiger partial charge in [-0.25, -0.2) is 4.98 Å². The molecule has 0 radical (unpaired) electrons.